The number of benzene rings is 1. The summed E-state index contributed by atoms with van der Waals surface area (Å²) in [5, 5.41) is 24.7. The lowest BCUT2D eigenvalue weighted by atomic mass is 10.1. The predicted octanol–water partition coefficient (Wildman–Crippen LogP) is 2.89. The van der Waals surface area contributed by atoms with E-state index < -0.39 is 0 Å². The van der Waals surface area contributed by atoms with Gasteiger partial charge in [0.25, 0.3) is 0 Å². The predicted molar refractivity (Wildman–Crippen MR) is 94.3 cm³/mol. The van der Waals surface area contributed by atoms with E-state index in [-0.39, 0.29) is 12.4 Å². The summed E-state index contributed by atoms with van der Waals surface area (Å²) in [7, 11) is 0. The molecular formula is C18H18N4O2. The first-order chi connectivity index (χ1) is 11.6. The minimum Gasteiger partial charge on any atom is -0.505 e. The molecule has 2 heterocycles. The number of nitrogens with zero attached hydrogens (tertiary/aromatic N) is 3. The van der Waals surface area contributed by atoms with Crippen LogP contribution in [-0.4, -0.2) is 26.4 Å². The lowest BCUT2D eigenvalue weighted by Gasteiger charge is -2.08. The fourth-order valence-corrected chi connectivity index (χ4v) is 2.49. The molecule has 0 aliphatic rings. The van der Waals surface area contributed by atoms with Crippen LogP contribution in [0.15, 0.2) is 41.6 Å². The molecule has 0 radical (unpaired) electrons. The van der Waals surface area contributed by atoms with Crippen molar-refractivity contribution in [3.63, 3.8) is 0 Å². The number of aryl methyl sites for hydroxylation is 2. The lowest BCUT2D eigenvalue weighted by molar-refractivity contribution is 0.280. The SMILES string of the molecule is Cc1ncc(CO)c(/C=N\Nc2cc(C)c3ccccc3n2)c1O. The molecule has 3 N–H and O–H groups in total. The second kappa shape index (κ2) is 6.64. The summed E-state index contributed by atoms with van der Waals surface area (Å²) in [6.45, 7) is 3.48. The van der Waals surface area contributed by atoms with Crippen molar-refractivity contribution in [1.82, 2.24) is 9.97 Å². The van der Waals surface area contributed by atoms with Gasteiger partial charge in [0, 0.05) is 22.7 Å². The Bertz CT molecular complexity index is 922. The first kappa shape index (κ1) is 15.9. The van der Waals surface area contributed by atoms with E-state index in [9.17, 15) is 10.2 Å². The molecule has 3 rings (SSSR count). The normalized spacial score (nSPS) is 11.3. The van der Waals surface area contributed by atoms with E-state index >= 15 is 0 Å². The first-order valence-corrected chi connectivity index (χ1v) is 7.54. The Balaban J connectivity index is 1.89. The van der Waals surface area contributed by atoms with Crippen LogP contribution in [0.5, 0.6) is 5.75 Å². The highest BCUT2D eigenvalue weighted by Crippen LogP contribution is 2.22. The molecular weight excluding hydrogens is 304 g/mol. The van der Waals surface area contributed by atoms with E-state index in [1.54, 1.807) is 6.92 Å². The maximum Gasteiger partial charge on any atom is 0.147 e. The van der Waals surface area contributed by atoms with Crippen molar-refractivity contribution in [3.05, 3.63) is 58.9 Å². The summed E-state index contributed by atoms with van der Waals surface area (Å²) in [4.78, 5) is 8.52. The summed E-state index contributed by atoms with van der Waals surface area (Å²) in [6.07, 6.45) is 2.98. The van der Waals surface area contributed by atoms with Crippen molar-refractivity contribution in [2.24, 2.45) is 5.10 Å². The molecule has 2 aromatic heterocycles. The Morgan fingerprint density at radius 1 is 1.25 bits per heavy atom. The van der Waals surface area contributed by atoms with Crippen molar-refractivity contribution >= 4 is 22.9 Å². The van der Waals surface area contributed by atoms with Gasteiger partial charge >= 0.3 is 0 Å². The highest BCUT2D eigenvalue weighted by atomic mass is 16.3. The number of para-hydroxylation sites is 1. The number of aliphatic hydroxyl groups is 1. The lowest BCUT2D eigenvalue weighted by Crippen LogP contribution is -2.00. The highest BCUT2D eigenvalue weighted by Gasteiger charge is 2.09. The summed E-state index contributed by atoms with van der Waals surface area (Å²) < 4.78 is 0. The van der Waals surface area contributed by atoms with Gasteiger partial charge in [-0.05, 0) is 31.5 Å². The molecule has 3 aromatic rings. The van der Waals surface area contributed by atoms with E-state index in [0.29, 0.717) is 22.6 Å². The third-order valence-corrected chi connectivity index (χ3v) is 3.82. The van der Waals surface area contributed by atoms with Gasteiger partial charge in [-0.1, -0.05) is 18.2 Å². The third kappa shape index (κ3) is 3.04. The van der Waals surface area contributed by atoms with E-state index in [1.165, 1.54) is 12.4 Å². The molecule has 0 unspecified atom stereocenters. The Labute approximate surface area is 139 Å². The second-order valence-corrected chi connectivity index (χ2v) is 5.50. The van der Waals surface area contributed by atoms with Crippen LogP contribution in [0.3, 0.4) is 0 Å². The molecule has 0 saturated carbocycles. The molecule has 0 fully saturated rings. The number of fused-ring (bicyclic) bond motifs is 1. The van der Waals surface area contributed by atoms with Crippen LogP contribution in [0.4, 0.5) is 5.82 Å². The average molecular weight is 322 g/mol. The number of hydrazone groups is 1. The van der Waals surface area contributed by atoms with Gasteiger partial charge in [-0.25, -0.2) is 4.98 Å². The standard InChI is InChI=1S/C18H18N4O2/c1-11-7-17(21-16-6-4-3-5-14(11)16)22-20-9-15-13(10-23)8-19-12(2)18(15)24/h3-9,23-24H,10H2,1-2H3,(H,21,22)/b20-9-. The van der Waals surface area contributed by atoms with Crippen LogP contribution in [0.1, 0.15) is 22.4 Å². The summed E-state index contributed by atoms with van der Waals surface area (Å²) in [6, 6.07) is 9.79. The highest BCUT2D eigenvalue weighted by molar-refractivity contribution is 5.87. The van der Waals surface area contributed by atoms with Crippen molar-refractivity contribution < 1.29 is 10.2 Å². The monoisotopic (exact) mass is 322 g/mol. The fourth-order valence-electron chi connectivity index (χ4n) is 2.49. The quantitative estimate of drug-likeness (QED) is 0.507. The van der Waals surface area contributed by atoms with E-state index in [0.717, 1.165) is 16.5 Å². The van der Waals surface area contributed by atoms with Crippen molar-refractivity contribution in [2.75, 3.05) is 5.43 Å². The first-order valence-electron chi connectivity index (χ1n) is 7.54. The third-order valence-electron chi connectivity index (χ3n) is 3.82. The van der Waals surface area contributed by atoms with Crippen LogP contribution >= 0.6 is 0 Å². The van der Waals surface area contributed by atoms with Crippen LogP contribution in [0, 0.1) is 13.8 Å². The summed E-state index contributed by atoms with van der Waals surface area (Å²) in [5.41, 5.74) is 6.27. The maximum atomic E-state index is 10.1. The summed E-state index contributed by atoms with van der Waals surface area (Å²) in [5.74, 6) is 0.619. The van der Waals surface area contributed by atoms with Gasteiger partial charge in [-0.3, -0.25) is 10.4 Å². The van der Waals surface area contributed by atoms with Crippen LogP contribution in [-0.2, 0) is 6.61 Å². The van der Waals surface area contributed by atoms with Crippen LogP contribution in [0.2, 0.25) is 0 Å². The largest absolute Gasteiger partial charge is 0.505 e. The molecule has 0 amide bonds. The number of rotatable bonds is 4. The van der Waals surface area contributed by atoms with Gasteiger partial charge in [-0.2, -0.15) is 5.10 Å². The molecule has 24 heavy (non-hydrogen) atoms. The Morgan fingerprint density at radius 2 is 2.04 bits per heavy atom. The second-order valence-electron chi connectivity index (χ2n) is 5.50. The molecule has 0 aliphatic heterocycles. The van der Waals surface area contributed by atoms with E-state index in [4.69, 9.17) is 0 Å². The number of hydrogen-bond acceptors (Lipinski definition) is 6. The zero-order valence-corrected chi connectivity index (χ0v) is 13.5. The number of aromatic nitrogens is 2. The number of pyridine rings is 2. The van der Waals surface area contributed by atoms with Crippen LogP contribution < -0.4 is 5.43 Å². The molecule has 6 heteroatoms. The number of aliphatic hydroxyl groups excluding tert-OH is 1. The fraction of sp³-hybridized carbons (Fsp3) is 0.167. The van der Waals surface area contributed by atoms with Gasteiger partial charge in [0.2, 0.25) is 0 Å². The number of nitrogens with one attached hydrogen (secondary N) is 1. The molecule has 0 saturated heterocycles. The smallest absolute Gasteiger partial charge is 0.147 e. The zero-order valence-electron chi connectivity index (χ0n) is 13.5. The average Bonchev–Trinajstić information content (AvgIpc) is 2.59. The molecule has 6 nitrogen and oxygen atoms in total. The molecule has 122 valence electrons. The van der Waals surface area contributed by atoms with Crippen molar-refractivity contribution in [3.8, 4) is 5.75 Å². The van der Waals surface area contributed by atoms with Gasteiger partial charge in [-0.15, -0.1) is 0 Å². The molecule has 0 atom stereocenters. The van der Waals surface area contributed by atoms with Crippen LogP contribution in [0.25, 0.3) is 10.9 Å². The molecule has 0 bridgehead atoms. The Kier molecular flexibility index (Phi) is 4.39. The number of hydrogen-bond donors (Lipinski definition) is 3. The van der Waals surface area contributed by atoms with Gasteiger partial charge in [0.1, 0.15) is 11.6 Å². The van der Waals surface area contributed by atoms with Gasteiger partial charge in [0.05, 0.1) is 24.0 Å². The van der Waals surface area contributed by atoms with E-state index in [1.807, 2.05) is 37.3 Å². The topological polar surface area (TPSA) is 90.6 Å². The number of anilines is 1. The number of aromatic hydroxyl groups is 1. The minimum atomic E-state index is -0.227. The Morgan fingerprint density at radius 3 is 2.83 bits per heavy atom. The van der Waals surface area contributed by atoms with E-state index in [2.05, 4.69) is 20.5 Å². The van der Waals surface area contributed by atoms with Gasteiger partial charge in [0.15, 0.2) is 0 Å². The van der Waals surface area contributed by atoms with Crippen molar-refractivity contribution in [2.45, 2.75) is 20.5 Å². The molecule has 0 aliphatic carbocycles. The van der Waals surface area contributed by atoms with Gasteiger partial charge < -0.3 is 10.2 Å². The maximum absolute atomic E-state index is 10.1. The van der Waals surface area contributed by atoms with Crippen molar-refractivity contribution in [1.29, 1.82) is 0 Å². The Hall–Kier alpha value is -2.99. The molecule has 0 spiro atoms. The minimum absolute atomic E-state index is 0.00903. The summed E-state index contributed by atoms with van der Waals surface area (Å²) >= 11 is 0. The zero-order chi connectivity index (χ0) is 17.1. The molecule has 1 aromatic carbocycles.